The SMILES string of the molecule is CCc1c(C(=O)Nc2cccc(N3CCCCC3=O)c2)cnn1-c1cccc(Cl)c1. The largest absolute Gasteiger partial charge is 0.322 e. The van der Waals surface area contributed by atoms with Crippen LogP contribution in [0.3, 0.4) is 0 Å². The molecule has 2 aromatic carbocycles. The number of carbonyl (C=O) groups is 2. The Morgan fingerprint density at radius 1 is 1.13 bits per heavy atom. The van der Waals surface area contributed by atoms with Gasteiger partial charge in [0.15, 0.2) is 0 Å². The van der Waals surface area contributed by atoms with Crippen molar-refractivity contribution in [3.63, 3.8) is 0 Å². The van der Waals surface area contributed by atoms with Crippen LogP contribution in [0.4, 0.5) is 11.4 Å². The molecule has 0 aliphatic carbocycles. The van der Waals surface area contributed by atoms with E-state index in [-0.39, 0.29) is 11.8 Å². The molecule has 0 bridgehead atoms. The molecular formula is C23H23ClN4O2. The molecule has 6 nitrogen and oxygen atoms in total. The Bertz CT molecular complexity index is 1090. The Labute approximate surface area is 180 Å². The lowest BCUT2D eigenvalue weighted by Crippen LogP contribution is -2.35. The van der Waals surface area contributed by atoms with Gasteiger partial charge in [-0.1, -0.05) is 30.7 Å². The number of anilines is 2. The van der Waals surface area contributed by atoms with E-state index in [9.17, 15) is 9.59 Å². The molecule has 0 unspecified atom stereocenters. The molecule has 2 heterocycles. The fourth-order valence-electron chi connectivity index (χ4n) is 3.76. The number of hydrogen-bond donors (Lipinski definition) is 1. The summed E-state index contributed by atoms with van der Waals surface area (Å²) < 4.78 is 1.74. The van der Waals surface area contributed by atoms with E-state index < -0.39 is 0 Å². The third-order valence-electron chi connectivity index (χ3n) is 5.24. The zero-order chi connectivity index (χ0) is 21.1. The Morgan fingerprint density at radius 3 is 2.70 bits per heavy atom. The number of benzene rings is 2. The molecule has 3 aromatic rings. The molecule has 1 N–H and O–H groups in total. The number of carbonyl (C=O) groups excluding carboxylic acids is 2. The zero-order valence-electron chi connectivity index (χ0n) is 16.8. The summed E-state index contributed by atoms with van der Waals surface area (Å²) >= 11 is 6.11. The number of hydrogen-bond acceptors (Lipinski definition) is 3. The van der Waals surface area contributed by atoms with Crippen molar-refractivity contribution >= 4 is 34.8 Å². The minimum Gasteiger partial charge on any atom is -0.322 e. The number of nitrogens with zero attached hydrogens (tertiary/aromatic N) is 3. The highest BCUT2D eigenvalue weighted by Crippen LogP contribution is 2.25. The number of aromatic nitrogens is 2. The predicted molar refractivity (Wildman–Crippen MR) is 119 cm³/mol. The van der Waals surface area contributed by atoms with Gasteiger partial charge >= 0.3 is 0 Å². The molecule has 1 aliphatic rings. The molecule has 2 amide bonds. The summed E-state index contributed by atoms with van der Waals surface area (Å²) in [6.07, 6.45) is 4.71. The van der Waals surface area contributed by atoms with Crippen LogP contribution in [0.15, 0.2) is 54.7 Å². The van der Waals surface area contributed by atoms with Crippen molar-refractivity contribution in [1.29, 1.82) is 0 Å². The summed E-state index contributed by atoms with van der Waals surface area (Å²) in [5.41, 5.74) is 3.58. The third-order valence-corrected chi connectivity index (χ3v) is 5.48. The summed E-state index contributed by atoms with van der Waals surface area (Å²) in [6.45, 7) is 2.69. The summed E-state index contributed by atoms with van der Waals surface area (Å²) in [6, 6.07) is 14.8. The first-order chi connectivity index (χ1) is 14.6. The van der Waals surface area contributed by atoms with Gasteiger partial charge in [0.05, 0.1) is 23.1 Å². The van der Waals surface area contributed by atoms with Crippen LogP contribution in [0, 0.1) is 0 Å². The maximum atomic E-state index is 13.0. The second-order valence-electron chi connectivity index (χ2n) is 7.26. The average molecular weight is 423 g/mol. The molecule has 0 radical (unpaired) electrons. The number of nitrogens with one attached hydrogen (secondary N) is 1. The second-order valence-corrected chi connectivity index (χ2v) is 7.69. The fourth-order valence-corrected chi connectivity index (χ4v) is 3.95. The minimum absolute atomic E-state index is 0.126. The van der Waals surface area contributed by atoms with Gasteiger partial charge in [-0.2, -0.15) is 5.10 Å². The highest BCUT2D eigenvalue weighted by molar-refractivity contribution is 6.30. The number of amides is 2. The van der Waals surface area contributed by atoms with Gasteiger partial charge in [-0.05, 0) is 55.7 Å². The van der Waals surface area contributed by atoms with Crippen LogP contribution < -0.4 is 10.2 Å². The Hall–Kier alpha value is -3.12. The number of halogens is 1. The molecule has 1 saturated heterocycles. The molecule has 0 atom stereocenters. The third kappa shape index (κ3) is 4.09. The van der Waals surface area contributed by atoms with E-state index in [0.29, 0.717) is 35.7 Å². The molecule has 30 heavy (non-hydrogen) atoms. The normalized spacial score (nSPS) is 14.1. The van der Waals surface area contributed by atoms with Crippen LogP contribution in [0.2, 0.25) is 5.02 Å². The van der Waals surface area contributed by atoms with Crippen molar-refractivity contribution in [3.8, 4) is 5.69 Å². The first-order valence-corrected chi connectivity index (χ1v) is 10.5. The van der Waals surface area contributed by atoms with E-state index in [1.807, 2.05) is 49.4 Å². The molecule has 1 fully saturated rings. The summed E-state index contributed by atoms with van der Waals surface area (Å²) in [7, 11) is 0. The van der Waals surface area contributed by atoms with Crippen molar-refractivity contribution in [1.82, 2.24) is 9.78 Å². The van der Waals surface area contributed by atoms with Gasteiger partial charge < -0.3 is 10.2 Å². The van der Waals surface area contributed by atoms with Crippen molar-refractivity contribution < 1.29 is 9.59 Å². The fraction of sp³-hybridized carbons (Fsp3) is 0.261. The number of rotatable bonds is 5. The first kappa shape index (κ1) is 20.2. The Balaban J connectivity index is 1.57. The van der Waals surface area contributed by atoms with Gasteiger partial charge in [0.1, 0.15) is 0 Å². The first-order valence-electron chi connectivity index (χ1n) is 10.1. The highest BCUT2D eigenvalue weighted by atomic mass is 35.5. The lowest BCUT2D eigenvalue weighted by atomic mass is 10.1. The molecule has 154 valence electrons. The Kier molecular flexibility index (Phi) is 5.86. The lowest BCUT2D eigenvalue weighted by molar-refractivity contribution is -0.119. The van der Waals surface area contributed by atoms with E-state index >= 15 is 0 Å². The van der Waals surface area contributed by atoms with E-state index in [1.54, 1.807) is 21.8 Å². The van der Waals surface area contributed by atoms with Crippen molar-refractivity contribution in [2.45, 2.75) is 32.6 Å². The van der Waals surface area contributed by atoms with E-state index in [4.69, 9.17) is 11.6 Å². The van der Waals surface area contributed by atoms with Crippen LogP contribution in [0.25, 0.3) is 5.69 Å². The lowest BCUT2D eigenvalue weighted by Gasteiger charge is -2.27. The van der Waals surface area contributed by atoms with E-state index in [2.05, 4.69) is 10.4 Å². The Morgan fingerprint density at radius 2 is 1.93 bits per heavy atom. The van der Waals surface area contributed by atoms with Gasteiger partial charge in [-0.15, -0.1) is 0 Å². The quantitative estimate of drug-likeness (QED) is 0.638. The van der Waals surface area contributed by atoms with Crippen LogP contribution in [-0.2, 0) is 11.2 Å². The molecule has 0 saturated carbocycles. The monoisotopic (exact) mass is 422 g/mol. The summed E-state index contributed by atoms with van der Waals surface area (Å²) in [5.74, 6) is -0.108. The van der Waals surface area contributed by atoms with Crippen LogP contribution in [0.5, 0.6) is 0 Å². The molecule has 7 heteroatoms. The van der Waals surface area contributed by atoms with E-state index in [0.717, 1.165) is 29.9 Å². The average Bonchev–Trinajstić information content (AvgIpc) is 3.18. The molecule has 1 aromatic heterocycles. The van der Waals surface area contributed by atoms with Gasteiger partial charge in [0, 0.05) is 29.4 Å². The van der Waals surface area contributed by atoms with Crippen LogP contribution in [0.1, 0.15) is 42.2 Å². The van der Waals surface area contributed by atoms with Crippen LogP contribution in [-0.4, -0.2) is 28.1 Å². The smallest absolute Gasteiger partial charge is 0.259 e. The molecule has 4 rings (SSSR count). The predicted octanol–water partition coefficient (Wildman–Crippen LogP) is 4.86. The topological polar surface area (TPSA) is 67.2 Å². The van der Waals surface area contributed by atoms with Gasteiger partial charge in [0.2, 0.25) is 5.91 Å². The van der Waals surface area contributed by atoms with Gasteiger partial charge in [-0.3, -0.25) is 9.59 Å². The maximum Gasteiger partial charge on any atom is 0.259 e. The van der Waals surface area contributed by atoms with E-state index in [1.165, 1.54) is 0 Å². The van der Waals surface area contributed by atoms with Gasteiger partial charge in [0.25, 0.3) is 5.91 Å². The van der Waals surface area contributed by atoms with Gasteiger partial charge in [-0.25, -0.2) is 4.68 Å². The minimum atomic E-state index is -0.234. The van der Waals surface area contributed by atoms with Crippen molar-refractivity contribution in [2.75, 3.05) is 16.8 Å². The van der Waals surface area contributed by atoms with Crippen molar-refractivity contribution in [3.05, 3.63) is 71.0 Å². The number of piperidine rings is 1. The highest BCUT2D eigenvalue weighted by Gasteiger charge is 2.21. The van der Waals surface area contributed by atoms with Crippen LogP contribution >= 0.6 is 11.6 Å². The molecule has 1 aliphatic heterocycles. The van der Waals surface area contributed by atoms with Crippen molar-refractivity contribution in [2.24, 2.45) is 0 Å². The zero-order valence-corrected chi connectivity index (χ0v) is 17.5. The standard InChI is InChI=1S/C23H23ClN4O2/c1-2-21-20(15-25-28(21)19-10-5-7-16(24)13-19)23(30)26-17-8-6-9-18(14-17)27-12-4-3-11-22(27)29/h5-10,13-15H,2-4,11-12H2,1H3,(H,26,30). The molecule has 0 spiro atoms. The summed E-state index contributed by atoms with van der Waals surface area (Å²) in [4.78, 5) is 27.0. The second kappa shape index (κ2) is 8.71. The molecular weight excluding hydrogens is 400 g/mol. The maximum absolute atomic E-state index is 13.0. The summed E-state index contributed by atoms with van der Waals surface area (Å²) in [5, 5.41) is 7.96.